The molecule has 2 aromatic rings. The van der Waals surface area contributed by atoms with Crippen molar-refractivity contribution in [2.75, 3.05) is 20.3 Å². The minimum absolute atomic E-state index is 0.0564. The van der Waals surface area contributed by atoms with Gasteiger partial charge >= 0.3 is 0 Å². The van der Waals surface area contributed by atoms with E-state index in [0.717, 1.165) is 5.56 Å². The van der Waals surface area contributed by atoms with E-state index in [0.29, 0.717) is 6.61 Å². The zero-order chi connectivity index (χ0) is 18.9. The fourth-order valence-corrected chi connectivity index (χ4v) is 2.20. The molecule has 0 aliphatic carbocycles. The molecule has 0 atom stereocenters. The average Bonchev–Trinajstić information content (AvgIpc) is 2.65. The fourth-order valence-electron chi connectivity index (χ4n) is 2.20. The topological polar surface area (TPSA) is 90.7 Å². The summed E-state index contributed by atoms with van der Waals surface area (Å²) in [7, 11) is 1.38. The second kappa shape index (κ2) is 9.08. The smallest absolute Gasteiger partial charge is 0.286 e. The van der Waals surface area contributed by atoms with Crippen LogP contribution in [-0.2, 0) is 0 Å². The average molecular weight is 354 g/mol. The van der Waals surface area contributed by atoms with Gasteiger partial charge in [0, 0.05) is 11.6 Å². The first-order chi connectivity index (χ1) is 12.6. The lowest BCUT2D eigenvalue weighted by Crippen LogP contribution is -2.24. The monoisotopic (exact) mass is 354 g/mol. The second-order valence-electron chi connectivity index (χ2n) is 5.06. The molecule has 134 valence electrons. The summed E-state index contributed by atoms with van der Waals surface area (Å²) in [6.45, 7) is 2.15. The molecule has 0 radical (unpaired) electrons. The van der Waals surface area contributed by atoms with Gasteiger partial charge in [0.05, 0.1) is 31.3 Å². The van der Waals surface area contributed by atoms with Crippen molar-refractivity contribution in [3.8, 4) is 23.3 Å². The molecule has 2 rings (SSSR count). The number of nitro benzene ring substituents is 1. The molecule has 2 aromatic carbocycles. The maximum Gasteiger partial charge on any atom is 0.286 e. The van der Waals surface area contributed by atoms with Crippen LogP contribution in [0, 0.1) is 22.0 Å². The number of hydrogen-bond donors (Lipinski definition) is 1. The highest BCUT2D eigenvalue weighted by Crippen LogP contribution is 2.34. The van der Waals surface area contributed by atoms with Gasteiger partial charge < -0.3 is 14.8 Å². The molecule has 7 nitrogen and oxygen atoms in total. The number of carbonyl (C=O) groups excluding carboxylic acids is 1. The number of nitrogens with zero attached hydrogens (tertiary/aromatic N) is 1. The van der Waals surface area contributed by atoms with Gasteiger partial charge in [0.15, 0.2) is 11.5 Å². The number of nitrogens with one attached hydrogen (secondary N) is 1. The van der Waals surface area contributed by atoms with Gasteiger partial charge in [-0.3, -0.25) is 14.9 Å². The van der Waals surface area contributed by atoms with E-state index in [1.54, 1.807) is 6.92 Å². The van der Waals surface area contributed by atoms with Crippen molar-refractivity contribution >= 4 is 11.6 Å². The summed E-state index contributed by atoms with van der Waals surface area (Å²) in [6.07, 6.45) is 0. The van der Waals surface area contributed by atoms with E-state index in [4.69, 9.17) is 9.47 Å². The lowest BCUT2D eigenvalue weighted by molar-refractivity contribution is -0.385. The Labute approximate surface area is 151 Å². The number of amides is 1. The van der Waals surface area contributed by atoms with Crippen LogP contribution in [0.25, 0.3) is 0 Å². The van der Waals surface area contributed by atoms with Crippen molar-refractivity contribution in [2.45, 2.75) is 6.92 Å². The third-order valence-corrected chi connectivity index (χ3v) is 3.37. The van der Waals surface area contributed by atoms with Crippen LogP contribution in [-0.4, -0.2) is 31.1 Å². The minimum Gasteiger partial charge on any atom is -0.493 e. The summed E-state index contributed by atoms with van der Waals surface area (Å²) in [5.41, 5.74) is 0.343. The van der Waals surface area contributed by atoms with E-state index in [1.165, 1.54) is 19.2 Å². The molecule has 0 fully saturated rings. The summed E-state index contributed by atoms with van der Waals surface area (Å²) in [5, 5.41) is 13.8. The first-order valence-electron chi connectivity index (χ1n) is 7.88. The second-order valence-corrected chi connectivity index (χ2v) is 5.06. The molecule has 1 N–H and O–H groups in total. The third kappa shape index (κ3) is 4.74. The van der Waals surface area contributed by atoms with Crippen molar-refractivity contribution in [3.63, 3.8) is 0 Å². The Hall–Kier alpha value is -3.53. The van der Waals surface area contributed by atoms with Gasteiger partial charge in [-0.2, -0.15) is 0 Å². The molecule has 0 aromatic heterocycles. The normalized spacial score (nSPS) is 9.62. The van der Waals surface area contributed by atoms with Crippen LogP contribution in [0.2, 0.25) is 0 Å². The van der Waals surface area contributed by atoms with Gasteiger partial charge in [-0.25, -0.2) is 0 Å². The number of benzene rings is 2. The Morgan fingerprint density at radius 3 is 2.58 bits per heavy atom. The lowest BCUT2D eigenvalue weighted by atomic mass is 10.1. The van der Waals surface area contributed by atoms with E-state index in [-0.39, 0.29) is 29.3 Å². The van der Waals surface area contributed by atoms with E-state index >= 15 is 0 Å². The maximum atomic E-state index is 12.4. The SMILES string of the molecule is CCOc1cc(C(=O)NCC#Cc2ccccc2)c([N+](=O)[O-])cc1OC. The summed E-state index contributed by atoms with van der Waals surface area (Å²) < 4.78 is 10.5. The van der Waals surface area contributed by atoms with E-state index in [2.05, 4.69) is 17.2 Å². The minimum atomic E-state index is -0.636. The van der Waals surface area contributed by atoms with Crippen molar-refractivity contribution in [1.29, 1.82) is 0 Å². The Bertz CT molecular complexity index is 853. The van der Waals surface area contributed by atoms with Crippen molar-refractivity contribution in [1.82, 2.24) is 5.32 Å². The first-order valence-corrected chi connectivity index (χ1v) is 7.88. The summed E-state index contributed by atoms with van der Waals surface area (Å²) in [4.78, 5) is 23.0. The van der Waals surface area contributed by atoms with Gasteiger partial charge in [0.25, 0.3) is 11.6 Å². The highest BCUT2D eigenvalue weighted by molar-refractivity contribution is 5.99. The molecule has 0 saturated carbocycles. The molecule has 0 aliphatic rings. The van der Waals surface area contributed by atoms with Gasteiger partial charge in [0.1, 0.15) is 5.56 Å². The van der Waals surface area contributed by atoms with Crippen molar-refractivity contribution in [3.05, 3.63) is 63.7 Å². The van der Waals surface area contributed by atoms with E-state index < -0.39 is 10.8 Å². The van der Waals surface area contributed by atoms with Crippen LogP contribution < -0.4 is 14.8 Å². The fraction of sp³-hybridized carbons (Fsp3) is 0.211. The highest BCUT2D eigenvalue weighted by atomic mass is 16.6. The lowest BCUT2D eigenvalue weighted by Gasteiger charge is -2.11. The van der Waals surface area contributed by atoms with Crippen LogP contribution in [0.15, 0.2) is 42.5 Å². The molecule has 0 spiro atoms. The van der Waals surface area contributed by atoms with Crippen molar-refractivity contribution in [2.24, 2.45) is 0 Å². The molecule has 26 heavy (non-hydrogen) atoms. The molecular weight excluding hydrogens is 336 g/mol. The molecule has 0 bridgehead atoms. The number of carbonyl (C=O) groups is 1. The van der Waals surface area contributed by atoms with Crippen LogP contribution in [0.1, 0.15) is 22.8 Å². The molecule has 0 unspecified atom stereocenters. The molecule has 0 heterocycles. The molecule has 0 saturated heterocycles. The van der Waals surface area contributed by atoms with E-state index in [9.17, 15) is 14.9 Å². The Kier molecular flexibility index (Phi) is 6.57. The number of methoxy groups -OCH3 is 1. The number of rotatable bonds is 6. The van der Waals surface area contributed by atoms with E-state index in [1.807, 2.05) is 30.3 Å². The largest absolute Gasteiger partial charge is 0.493 e. The van der Waals surface area contributed by atoms with Crippen molar-refractivity contribution < 1.29 is 19.2 Å². The molecule has 0 aliphatic heterocycles. The summed E-state index contributed by atoms with van der Waals surface area (Å²) >= 11 is 0. The van der Waals surface area contributed by atoms with Gasteiger partial charge in [-0.05, 0) is 19.1 Å². The van der Waals surface area contributed by atoms with Crippen LogP contribution in [0.3, 0.4) is 0 Å². The zero-order valence-corrected chi connectivity index (χ0v) is 14.4. The number of hydrogen-bond acceptors (Lipinski definition) is 5. The molecule has 1 amide bonds. The van der Waals surface area contributed by atoms with Gasteiger partial charge in [-0.1, -0.05) is 30.0 Å². The van der Waals surface area contributed by atoms with Crippen LogP contribution >= 0.6 is 0 Å². The van der Waals surface area contributed by atoms with Gasteiger partial charge in [-0.15, -0.1) is 0 Å². The predicted octanol–water partition coefficient (Wildman–Crippen LogP) is 2.78. The first kappa shape index (κ1) is 18.8. The number of nitro groups is 1. The summed E-state index contributed by atoms with van der Waals surface area (Å²) in [5.74, 6) is 5.55. The zero-order valence-electron chi connectivity index (χ0n) is 14.4. The Morgan fingerprint density at radius 2 is 1.96 bits per heavy atom. The number of ether oxygens (including phenoxy) is 2. The molecule has 7 heteroatoms. The quantitative estimate of drug-likeness (QED) is 0.489. The third-order valence-electron chi connectivity index (χ3n) is 3.37. The Morgan fingerprint density at radius 1 is 1.23 bits per heavy atom. The predicted molar refractivity (Wildman–Crippen MR) is 96.5 cm³/mol. The standard InChI is InChI=1S/C19H18N2O5/c1-3-26-18-12-15(16(21(23)24)13-17(18)25-2)19(22)20-11-7-10-14-8-5-4-6-9-14/h4-6,8-9,12-13H,3,11H2,1-2H3,(H,20,22). The highest BCUT2D eigenvalue weighted by Gasteiger charge is 2.24. The summed E-state index contributed by atoms with van der Waals surface area (Å²) in [6, 6.07) is 11.8. The van der Waals surface area contributed by atoms with Gasteiger partial charge in [0.2, 0.25) is 0 Å². The van der Waals surface area contributed by atoms with Crippen LogP contribution in [0.4, 0.5) is 5.69 Å². The maximum absolute atomic E-state index is 12.4. The molecular formula is C19H18N2O5. The van der Waals surface area contributed by atoms with Crippen LogP contribution in [0.5, 0.6) is 11.5 Å². The Balaban J connectivity index is 2.20.